The van der Waals surface area contributed by atoms with Crippen LogP contribution in [0.1, 0.15) is 26.2 Å². The van der Waals surface area contributed by atoms with E-state index in [0.717, 1.165) is 19.3 Å². The number of piperazine rings is 1. The summed E-state index contributed by atoms with van der Waals surface area (Å²) in [4.78, 5) is 26.2. The molecule has 0 spiro atoms. The van der Waals surface area contributed by atoms with Crippen LogP contribution in [0.5, 0.6) is 0 Å². The van der Waals surface area contributed by atoms with Gasteiger partial charge >= 0.3 is 5.97 Å². The molecule has 104 valence electrons. The molecule has 18 heavy (non-hydrogen) atoms. The van der Waals surface area contributed by atoms with E-state index < -0.39 is 12.0 Å². The summed E-state index contributed by atoms with van der Waals surface area (Å²) < 4.78 is 0. The van der Waals surface area contributed by atoms with Crippen LogP contribution >= 0.6 is 0 Å². The Labute approximate surface area is 108 Å². The van der Waals surface area contributed by atoms with E-state index in [0.29, 0.717) is 26.2 Å². The van der Waals surface area contributed by atoms with Gasteiger partial charge in [0.2, 0.25) is 5.91 Å². The van der Waals surface area contributed by atoms with Crippen molar-refractivity contribution in [1.82, 2.24) is 9.80 Å². The first kappa shape index (κ1) is 14.9. The molecular weight excluding hydrogens is 234 g/mol. The Hall–Kier alpha value is -1.14. The lowest BCUT2D eigenvalue weighted by Crippen LogP contribution is -2.53. The largest absolute Gasteiger partial charge is 0.480 e. The summed E-state index contributed by atoms with van der Waals surface area (Å²) in [7, 11) is 0. The molecule has 1 amide bonds. The summed E-state index contributed by atoms with van der Waals surface area (Å²) in [5.41, 5.74) is 5.85. The van der Waals surface area contributed by atoms with Crippen molar-refractivity contribution in [2.45, 2.75) is 32.2 Å². The molecule has 6 heteroatoms. The lowest BCUT2D eigenvalue weighted by Gasteiger charge is -2.35. The smallest absolute Gasteiger partial charge is 0.317 e. The van der Waals surface area contributed by atoms with Crippen molar-refractivity contribution in [2.75, 3.05) is 32.7 Å². The van der Waals surface area contributed by atoms with E-state index in [-0.39, 0.29) is 12.5 Å². The normalized spacial score (nSPS) is 18.7. The fraction of sp³-hybridized carbons (Fsp3) is 0.833. The van der Waals surface area contributed by atoms with Crippen molar-refractivity contribution < 1.29 is 14.7 Å². The fourth-order valence-corrected chi connectivity index (χ4v) is 2.10. The van der Waals surface area contributed by atoms with E-state index in [4.69, 9.17) is 10.8 Å². The van der Waals surface area contributed by atoms with E-state index >= 15 is 0 Å². The Morgan fingerprint density at radius 3 is 2.39 bits per heavy atom. The van der Waals surface area contributed by atoms with Crippen LogP contribution in [0.15, 0.2) is 0 Å². The molecule has 0 aromatic rings. The first-order valence-electron chi connectivity index (χ1n) is 6.53. The number of carbonyl (C=O) groups excluding carboxylic acids is 1. The van der Waals surface area contributed by atoms with Crippen molar-refractivity contribution in [3.05, 3.63) is 0 Å². The average molecular weight is 257 g/mol. The van der Waals surface area contributed by atoms with Gasteiger partial charge in [-0.2, -0.15) is 0 Å². The molecule has 0 aliphatic carbocycles. The number of hydrogen-bond acceptors (Lipinski definition) is 4. The van der Waals surface area contributed by atoms with Crippen LogP contribution in [0, 0.1) is 0 Å². The number of carboxylic acids is 1. The van der Waals surface area contributed by atoms with Gasteiger partial charge in [-0.3, -0.25) is 14.5 Å². The molecule has 1 heterocycles. The highest BCUT2D eigenvalue weighted by molar-refractivity contribution is 5.81. The number of amides is 1. The minimum absolute atomic E-state index is 0.00146. The number of rotatable bonds is 6. The van der Waals surface area contributed by atoms with Crippen LogP contribution in [0.2, 0.25) is 0 Å². The first-order chi connectivity index (χ1) is 8.54. The third-order valence-corrected chi connectivity index (χ3v) is 3.23. The highest BCUT2D eigenvalue weighted by Gasteiger charge is 2.25. The number of carbonyl (C=O) groups is 2. The van der Waals surface area contributed by atoms with Gasteiger partial charge in [-0.15, -0.1) is 0 Å². The number of hydrogen-bond donors (Lipinski definition) is 2. The van der Waals surface area contributed by atoms with E-state index in [1.807, 2.05) is 4.90 Å². The van der Waals surface area contributed by atoms with Crippen molar-refractivity contribution in [3.63, 3.8) is 0 Å². The summed E-state index contributed by atoms with van der Waals surface area (Å²) >= 11 is 0. The zero-order valence-electron chi connectivity index (χ0n) is 11.0. The summed E-state index contributed by atoms with van der Waals surface area (Å²) in [5.74, 6) is -0.826. The lowest BCUT2D eigenvalue weighted by molar-refractivity contribution is -0.139. The number of aliphatic carboxylic acids is 1. The third kappa shape index (κ3) is 4.62. The zero-order valence-corrected chi connectivity index (χ0v) is 11.0. The topological polar surface area (TPSA) is 86.9 Å². The van der Waals surface area contributed by atoms with E-state index in [1.165, 1.54) is 0 Å². The number of unbranched alkanes of at least 4 members (excludes halogenated alkanes) is 1. The second-order valence-corrected chi connectivity index (χ2v) is 4.74. The quantitative estimate of drug-likeness (QED) is 0.684. The molecule has 1 aliphatic rings. The molecular formula is C12H23N3O3. The summed E-state index contributed by atoms with van der Waals surface area (Å²) in [6, 6.07) is -0.407. The van der Waals surface area contributed by atoms with Gasteiger partial charge < -0.3 is 15.7 Å². The molecule has 1 rings (SSSR count). The fourth-order valence-electron chi connectivity index (χ4n) is 2.10. The van der Waals surface area contributed by atoms with Crippen LogP contribution in [0.25, 0.3) is 0 Å². The van der Waals surface area contributed by atoms with Crippen molar-refractivity contribution in [3.8, 4) is 0 Å². The van der Waals surface area contributed by atoms with Gasteiger partial charge in [0.05, 0.1) is 12.6 Å². The average Bonchev–Trinajstić information content (AvgIpc) is 2.35. The Bertz CT molecular complexity index is 288. The Balaban J connectivity index is 2.33. The molecule has 1 aliphatic heterocycles. The first-order valence-corrected chi connectivity index (χ1v) is 6.53. The van der Waals surface area contributed by atoms with Gasteiger partial charge in [0.15, 0.2) is 0 Å². The SMILES string of the molecule is CCCCC(N)C(=O)N1CCN(CC(=O)O)CC1. The molecule has 6 nitrogen and oxygen atoms in total. The van der Waals surface area contributed by atoms with E-state index in [1.54, 1.807) is 4.90 Å². The van der Waals surface area contributed by atoms with Gasteiger partial charge in [-0.05, 0) is 6.42 Å². The van der Waals surface area contributed by atoms with Crippen molar-refractivity contribution >= 4 is 11.9 Å². The highest BCUT2D eigenvalue weighted by Crippen LogP contribution is 2.06. The monoisotopic (exact) mass is 257 g/mol. The predicted octanol–water partition coefficient (Wildman–Crippen LogP) is -0.267. The Kier molecular flexibility index (Phi) is 6.07. The minimum atomic E-state index is -0.825. The molecule has 1 atom stereocenters. The molecule has 0 saturated carbocycles. The number of nitrogens with zero attached hydrogens (tertiary/aromatic N) is 2. The maximum atomic E-state index is 12.0. The minimum Gasteiger partial charge on any atom is -0.480 e. The van der Waals surface area contributed by atoms with Crippen LogP contribution in [-0.2, 0) is 9.59 Å². The summed E-state index contributed by atoms with van der Waals surface area (Å²) in [6.07, 6.45) is 2.73. The molecule has 1 unspecified atom stereocenters. The molecule has 0 aromatic heterocycles. The summed E-state index contributed by atoms with van der Waals surface area (Å²) in [6.45, 7) is 4.49. The third-order valence-electron chi connectivity index (χ3n) is 3.23. The van der Waals surface area contributed by atoms with Gasteiger partial charge in [0.1, 0.15) is 0 Å². The maximum Gasteiger partial charge on any atom is 0.317 e. The van der Waals surface area contributed by atoms with E-state index in [9.17, 15) is 9.59 Å². The standard InChI is InChI=1S/C12H23N3O3/c1-2-3-4-10(13)12(18)15-7-5-14(6-8-15)9-11(16)17/h10H,2-9,13H2,1H3,(H,16,17). The number of nitrogens with two attached hydrogens (primary N) is 1. The number of carboxylic acid groups (broad SMARTS) is 1. The van der Waals surface area contributed by atoms with Crippen LogP contribution in [0.3, 0.4) is 0 Å². The lowest BCUT2D eigenvalue weighted by atomic mass is 10.1. The van der Waals surface area contributed by atoms with Crippen LogP contribution in [-0.4, -0.2) is 65.5 Å². The van der Waals surface area contributed by atoms with Crippen molar-refractivity contribution in [2.24, 2.45) is 5.73 Å². The molecule has 3 N–H and O–H groups in total. The molecule has 0 bridgehead atoms. The molecule has 0 aromatic carbocycles. The molecule has 1 saturated heterocycles. The predicted molar refractivity (Wildman–Crippen MR) is 68.2 cm³/mol. The molecule has 1 fully saturated rings. The van der Waals surface area contributed by atoms with Gasteiger partial charge in [0, 0.05) is 26.2 Å². The zero-order chi connectivity index (χ0) is 13.5. The Morgan fingerprint density at radius 2 is 1.89 bits per heavy atom. The van der Waals surface area contributed by atoms with Crippen molar-refractivity contribution in [1.29, 1.82) is 0 Å². The van der Waals surface area contributed by atoms with Gasteiger partial charge in [-0.1, -0.05) is 19.8 Å². The van der Waals surface area contributed by atoms with E-state index in [2.05, 4.69) is 6.92 Å². The van der Waals surface area contributed by atoms with Gasteiger partial charge in [0.25, 0.3) is 0 Å². The van der Waals surface area contributed by atoms with Crippen LogP contribution in [0.4, 0.5) is 0 Å². The summed E-state index contributed by atoms with van der Waals surface area (Å²) in [5, 5.41) is 8.68. The molecule has 0 radical (unpaired) electrons. The van der Waals surface area contributed by atoms with Crippen LogP contribution < -0.4 is 5.73 Å². The second-order valence-electron chi connectivity index (χ2n) is 4.74. The maximum absolute atomic E-state index is 12.0. The van der Waals surface area contributed by atoms with Gasteiger partial charge in [-0.25, -0.2) is 0 Å². The second kappa shape index (κ2) is 7.33. The highest BCUT2D eigenvalue weighted by atomic mass is 16.4. The Morgan fingerprint density at radius 1 is 1.28 bits per heavy atom.